The molecule has 6 heteroatoms. The molecule has 0 aromatic heterocycles. The summed E-state index contributed by atoms with van der Waals surface area (Å²) in [6.07, 6.45) is 2.04. The quantitative estimate of drug-likeness (QED) is 0.825. The molecule has 0 spiro atoms. The summed E-state index contributed by atoms with van der Waals surface area (Å²) in [6, 6.07) is 15.1. The SMILES string of the molecule is CCc1ccc(NC(=O)CN(Cc2ccccc2C)S(C)(=O)=O)cc1. The second kappa shape index (κ2) is 8.27. The van der Waals surface area contributed by atoms with Crippen LogP contribution in [0.3, 0.4) is 0 Å². The maximum atomic E-state index is 12.3. The van der Waals surface area contributed by atoms with Crippen molar-refractivity contribution < 1.29 is 13.2 Å². The lowest BCUT2D eigenvalue weighted by molar-refractivity contribution is -0.116. The number of hydrogen-bond donors (Lipinski definition) is 1. The summed E-state index contributed by atoms with van der Waals surface area (Å²) in [7, 11) is -3.51. The number of sulfonamides is 1. The average molecular weight is 360 g/mol. The molecule has 0 radical (unpaired) electrons. The molecule has 0 unspecified atom stereocenters. The van der Waals surface area contributed by atoms with Gasteiger partial charge >= 0.3 is 0 Å². The number of hydrogen-bond acceptors (Lipinski definition) is 3. The minimum atomic E-state index is -3.51. The topological polar surface area (TPSA) is 66.5 Å². The van der Waals surface area contributed by atoms with Gasteiger partial charge in [0.15, 0.2) is 0 Å². The van der Waals surface area contributed by atoms with E-state index in [1.807, 2.05) is 55.5 Å². The number of amides is 1. The number of aryl methyl sites for hydroxylation is 2. The average Bonchev–Trinajstić information content (AvgIpc) is 2.56. The van der Waals surface area contributed by atoms with E-state index >= 15 is 0 Å². The lowest BCUT2D eigenvalue weighted by Crippen LogP contribution is -2.37. The van der Waals surface area contributed by atoms with Crippen molar-refractivity contribution in [2.75, 3.05) is 18.1 Å². The predicted molar refractivity (Wildman–Crippen MR) is 101 cm³/mol. The molecule has 1 N–H and O–H groups in total. The third kappa shape index (κ3) is 5.69. The Bertz CT molecular complexity index is 830. The third-order valence-corrected chi connectivity index (χ3v) is 5.24. The summed E-state index contributed by atoms with van der Waals surface area (Å²) in [5.74, 6) is -0.358. The maximum Gasteiger partial charge on any atom is 0.239 e. The monoisotopic (exact) mass is 360 g/mol. The largest absolute Gasteiger partial charge is 0.325 e. The van der Waals surface area contributed by atoms with Gasteiger partial charge < -0.3 is 5.32 Å². The van der Waals surface area contributed by atoms with Crippen molar-refractivity contribution in [3.8, 4) is 0 Å². The van der Waals surface area contributed by atoms with Gasteiger partial charge in [-0.3, -0.25) is 4.79 Å². The standard InChI is InChI=1S/C19H24N2O3S/c1-4-16-9-11-18(12-10-16)20-19(22)14-21(25(3,23)24)13-17-8-6-5-7-15(17)2/h5-12H,4,13-14H2,1-3H3,(H,20,22). The van der Waals surface area contributed by atoms with Crippen molar-refractivity contribution >= 4 is 21.6 Å². The molecule has 0 aliphatic heterocycles. The van der Waals surface area contributed by atoms with Gasteiger partial charge in [-0.05, 0) is 42.2 Å². The van der Waals surface area contributed by atoms with Crippen LogP contribution in [0.1, 0.15) is 23.6 Å². The number of nitrogens with zero attached hydrogens (tertiary/aromatic N) is 1. The summed E-state index contributed by atoms with van der Waals surface area (Å²) >= 11 is 0. The highest BCUT2D eigenvalue weighted by molar-refractivity contribution is 7.88. The first kappa shape index (κ1) is 19.1. The Morgan fingerprint density at radius 2 is 1.72 bits per heavy atom. The Morgan fingerprint density at radius 3 is 2.28 bits per heavy atom. The summed E-state index contributed by atoms with van der Waals surface area (Å²) in [5.41, 5.74) is 3.71. The fraction of sp³-hybridized carbons (Fsp3) is 0.316. The van der Waals surface area contributed by atoms with Crippen LogP contribution in [-0.2, 0) is 27.8 Å². The molecule has 1 amide bonds. The van der Waals surface area contributed by atoms with E-state index < -0.39 is 10.0 Å². The number of anilines is 1. The van der Waals surface area contributed by atoms with Crippen LogP contribution >= 0.6 is 0 Å². The van der Waals surface area contributed by atoms with Crippen LogP contribution in [0.25, 0.3) is 0 Å². The lowest BCUT2D eigenvalue weighted by atomic mass is 10.1. The molecule has 2 aromatic rings. The third-order valence-electron chi connectivity index (χ3n) is 4.04. The molecule has 2 rings (SSSR count). The Kier molecular flexibility index (Phi) is 6.33. The van der Waals surface area contributed by atoms with Crippen molar-refractivity contribution in [1.82, 2.24) is 4.31 Å². The second-order valence-corrected chi connectivity index (χ2v) is 8.04. The molecule has 134 valence electrons. The second-order valence-electron chi connectivity index (χ2n) is 6.06. The Morgan fingerprint density at radius 1 is 1.08 bits per heavy atom. The highest BCUT2D eigenvalue weighted by Crippen LogP contribution is 2.14. The van der Waals surface area contributed by atoms with Crippen LogP contribution < -0.4 is 5.32 Å². The normalized spacial score (nSPS) is 11.5. The highest BCUT2D eigenvalue weighted by atomic mass is 32.2. The van der Waals surface area contributed by atoms with E-state index in [4.69, 9.17) is 0 Å². The Labute approximate surface area is 149 Å². The molecule has 25 heavy (non-hydrogen) atoms. The van der Waals surface area contributed by atoms with Crippen molar-refractivity contribution in [2.45, 2.75) is 26.8 Å². The Hall–Kier alpha value is -2.18. The van der Waals surface area contributed by atoms with Gasteiger partial charge in [-0.15, -0.1) is 0 Å². The van der Waals surface area contributed by atoms with Gasteiger partial charge in [0, 0.05) is 12.2 Å². The fourth-order valence-electron chi connectivity index (χ4n) is 2.45. The molecule has 0 saturated carbocycles. The molecular formula is C19H24N2O3S. The first-order chi connectivity index (χ1) is 11.8. The minimum Gasteiger partial charge on any atom is -0.325 e. The van der Waals surface area contributed by atoms with Gasteiger partial charge in [0.2, 0.25) is 15.9 Å². The van der Waals surface area contributed by atoms with Crippen molar-refractivity contribution in [3.63, 3.8) is 0 Å². The fourth-order valence-corrected chi connectivity index (χ4v) is 3.18. The number of carbonyl (C=O) groups is 1. The summed E-state index contributed by atoms with van der Waals surface area (Å²) < 4.78 is 25.3. The van der Waals surface area contributed by atoms with E-state index in [9.17, 15) is 13.2 Å². The minimum absolute atomic E-state index is 0.174. The van der Waals surface area contributed by atoms with Gasteiger partial charge in [-0.2, -0.15) is 4.31 Å². The summed E-state index contributed by atoms with van der Waals surface area (Å²) in [5, 5.41) is 2.75. The molecule has 5 nitrogen and oxygen atoms in total. The van der Waals surface area contributed by atoms with Gasteiger partial charge in [-0.1, -0.05) is 43.3 Å². The number of rotatable bonds is 7. The molecule has 0 bridgehead atoms. The van der Waals surface area contributed by atoms with Crippen LogP contribution in [0.15, 0.2) is 48.5 Å². The molecule has 0 aliphatic carbocycles. The lowest BCUT2D eigenvalue weighted by Gasteiger charge is -2.20. The van der Waals surface area contributed by atoms with Gasteiger partial charge in [0.25, 0.3) is 0 Å². The van der Waals surface area contributed by atoms with E-state index in [1.165, 1.54) is 9.87 Å². The van der Waals surface area contributed by atoms with Crippen molar-refractivity contribution in [2.24, 2.45) is 0 Å². The van der Waals surface area contributed by atoms with Crippen molar-refractivity contribution in [3.05, 3.63) is 65.2 Å². The first-order valence-electron chi connectivity index (χ1n) is 8.18. The van der Waals surface area contributed by atoms with E-state index in [0.717, 1.165) is 23.8 Å². The molecule has 0 aliphatic rings. The Balaban J connectivity index is 2.08. The summed E-state index contributed by atoms with van der Waals surface area (Å²) in [4.78, 5) is 12.3. The van der Waals surface area contributed by atoms with Gasteiger partial charge in [0.1, 0.15) is 0 Å². The zero-order chi connectivity index (χ0) is 18.4. The molecule has 0 fully saturated rings. The van der Waals surface area contributed by atoms with Crippen LogP contribution in [0.4, 0.5) is 5.69 Å². The maximum absolute atomic E-state index is 12.3. The van der Waals surface area contributed by atoms with Crippen LogP contribution in [0, 0.1) is 6.92 Å². The number of carbonyl (C=O) groups excluding carboxylic acids is 1. The van der Waals surface area contributed by atoms with E-state index in [0.29, 0.717) is 5.69 Å². The van der Waals surface area contributed by atoms with Gasteiger partial charge in [0.05, 0.1) is 12.8 Å². The van der Waals surface area contributed by atoms with E-state index in [-0.39, 0.29) is 19.0 Å². The molecule has 2 aromatic carbocycles. The zero-order valence-corrected chi connectivity index (χ0v) is 15.6. The zero-order valence-electron chi connectivity index (χ0n) is 14.8. The summed E-state index contributed by atoms with van der Waals surface area (Å²) in [6.45, 7) is 3.94. The molecular weight excluding hydrogens is 336 g/mol. The van der Waals surface area contributed by atoms with E-state index in [1.54, 1.807) is 0 Å². The molecule has 0 atom stereocenters. The number of benzene rings is 2. The van der Waals surface area contributed by atoms with Crippen LogP contribution in [-0.4, -0.2) is 31.4 Å². The molecule has 0 heterocycles. The van der Waals surface area contributed by atoms with Crippen molar-refractivity contribution in [1.29, 1.82) is 0 Å². The first-order valence-corrected chi connectivity index (χ1v) is 10.0. The molecule has 0 saturated heterocycles. The predicted octanol–water partition coefficient (Wildman–Crippen LogP) is 2.96. The smallest absolute Gasteiger partial charge is 0.239 e. The van der Waals surface area contributed by atoms with Crippen LogP contribution in [0.2, 0.25) is 0 Å². The van der Waals surface area contributed by atoms with Crippen LogP contribution in [0.5, 0.6) is 0 Å². The van der Waals surface area contributed by atoms with Gasteiger partial charge in [-0.25, -0.2) is 8.42 Å². The highest BCUT2D eigenvalue weighted by Gasteiger charge is 2.21. The van der Waals surface area contributed by atoms with E-state index in [2.05, 4.69) is 12.2 Å². The number of nitrogens with one attached hydrogen (secondary N) is 1.